The molecule has 0 spiro atoms. The van der Waals surface area contributed by atoms with Crippen molar-refractivity contribution < 1.29 is 13.9 Å². The highest BCUT2D eigenvalue weighted by atomic mass is 19.1. The van der Waals surface area contributed by atoms with E-state index in [0.717, 1.165) is 18.4 Å². The molecule has 0 N–H and O–H groups in total. The molecule has 0 aliphatic heterocycles. The number of methoxy groups -OCH3 is 1. The van der Waals surface area contributed by atoms with Crippen LogP contribution in [0.15, 0.2) is 42.5 Å². The van der Waals surface area contributed by atoms with Crippen LogP contribution in [0.3, 0.4) is 0 Å². The number of hydrogen-bond donors (Lipinski definition) is 0. The maximum atomic E-state index is 13.6. The molecule has 1 fully saturated rings. The Balaban J connectivity index is 1.84. The van der Waals surface area contributed by atoms with Crippen LogP contribution in [0.5, 0.6) is 5.75 Å². The Morgan fingerprint density at radius 3 is 2.44 bits per heavy atom. The van der Waals surface area contributed by atoms with Crippen molar-refractivity contribution in [3.8, 4) is 5.75 Å². The molecule has 0 aromatic heterocycles. The fraction of sp³-hybridized carbons (Fsp3) is 0.381. The first-order valence-corrected chi connectivity index (χ1v) is 8.73. The van der Waals surface area contributed by atoms with Gasteiger partial charge in [0.1, 0.15) is 11.6 Å². The van der Waals surface area contributed by atoms with Gasteiger partial charge in [-0.2, -0.15) is 0 Å². The molecule has 25 heavy (non-hydrogen) atoms. The van der Waals surface area contributed by atoms with E-state index in [2.05, 4.69) is 38.1 Å². The van der Waals surface area contributed by atoms with E-state index >= 15 is 0 Å². The van der Waals surface area contributed by atoms with Gasteiger partial charge in [0.25, 0.3) is 5.91 Å². The van der Waals surface area contributed by atoms with Crippen molar-refractivity contribution in [1.29, 1.82) is 0 Å². The highest BCUT2D eigenvalue weighted by Gasteiger charge is 2.34. The molecular formula is C21H24FNO2. The number of halogens is 1. The SMILES string of the molecule is COc1ccc(F)cc1C(=O)N(Cc1ccc(C(C)C)cc1)C1CC1. The maximum Gasteiger partial charge on any atom is 0.258 e. The summed E-state index contributed by atoms with van der Waals surface area (Å²) in [6.45, 7) is 4.85. The van der Waals surface area contributed by atoms with Gasteiger partial charge >= 0.3 is 0 Å². The van der Waals surface area contributed by atoms with Crippen LogP contribution in [0.2, 0.25) is 0 Å². The Kier molecular flexibility index (Phi) is 5.07. The fourth-order valence-corrected chi connectivity index (χ4v) is 2.96. The van der Waals surface area contributed by atoms with E-state index in [9.17, 15) is 9.18 Å². The quantitative estimate of drug-likeness (QED) is 0.758. The molecular weight excluding hydrogens is 317 g/mol. The van der Waals surface area contributed by atoms with E-state index in [1.165, 1.54) is 30.9 Å². The van der Waals surface area contributed by atoms with Gasteiger partial charge in [-0.05, 0) is 48.1 Å². The molecule has 1 aliphatic rings. The topological polar surface area (TPSA) is 29.5 Å². The van der Waals surface area contributed by atoms with Gasteiger partial charge in [-0.3, -0.25) is 4.79 Å². The second-order valence-electron chi connectivity index (χ2n) is 6.91. The van der Waals surface area contributed by atoms with Crippen LogP contribution < -0.4 is 4.74 Å². The summed E-state index contributed by atoms with van der Waals surface area (Å²) in [5, 5.41) is 0. The van der Waals surface area contributed by atoms with E-state index in [1.807, 2.05) is 4.90 Å². The van der Waals surface area contributed by atoms with E-state index in [4.69, 9.17) is 4.74 Å². The molecule has 0 atom stereocenters. The zero-order valence-corrected chi connectivity index (χ0v) is 15.0. The van der Waals surface area contributed by atoms with Gasteiger partial charge in [0.05, 0.1) is 12.7 Å². The molecule has 0 saturated heterocycles. The third-order valence-electron chi connectivity index (χ3n) is 4.64. The van der Waals surface area contributed by atoms with Crippen molar-refractivity contribution in [2.75, 3.05) is 7.11 Å². The first-order chi connectivity index (χ1) is 12.0. The lowest BCUT2D eigenvalue weighted by atomic mass is 10.0. The largest absolute Gasteiger partial charge is 0.496 e. The highest BCUT2D eigenvalue weighted by molar-refractivity contribution is 5.97. The second kappa shape index (κ2) is 7.26. The monoisotopic (exact) mass is 341 g/mol. The van der Waals surface area contributed by atoms with Crippen molar-refractivity contribution in [1.82, 2.24) is 4.90 Å². The zero-order valence-electron chi connectivity index (χ0n) is 15.0. The minimum atomic E-state index is -0.429. The van der Waals surface area contributed by atoms with Crippen molar-refractivity contribution >= 4 is 5.91 Å². The van der Waals surface area contributed by atoms with Gasteiger partial charge < -0.3 is 9.64 Å². The molecule has 132 valence electrons. The van der Waals surface area contributed by atoms with E-state index in [0.29, 0.717) is 18.2 Å². The molecule has 2 aromatic carbocycles. The average molecular weight is 341 g/mol. The van der Waals surface area contributed by atoms with Crippen LogP contribution in [-0.2, 0) is 6.54 Å². The molecule has 0 unspecified atom stereocenters. The summed E-state index contributed by atoms with van der Waals surface area (Å²) < 4.78 is 18.9. The number of ether oxygens (including phenoxy) is 1. The van der Waals surface area contributed by atoms with Crippen molar-refractivity contribution in [3.05, 3.63) is 65.0 Å². The van der Waals surface area contributed by atoms with E-state index in [1.54, 1.807) is 0 Å². The van der Waals surface area contributed by atoms with E-state index in [-0.39, 0.29) is 17.5 Å². The zero-order chi connectivity index (χ0) is 18.0. The molecule has 0 bridgehead atoms. The Hall–Kier alpha value is -2.36. The minimum absolute atomic E-state index is 0.174. The summed E-state index contributed by atoms with van der Waals surface area (Å²) in [6, 6.07) is 12.7. The second-order valence-corrected chi connectivity index (χ2v) is 6.91. The Morgan fingerprint density at radius 1 is 1.20 bits per heavy atom. The molecule has 3 nitrogen and oxygen atoms in total. The summed E-state index contributed by atoms with van der Waals surface area (Å²) in [6.07, 6.45) is 1.99. The van der Waals surface area contributed by atoms with Crippen molar-refractivity contribution in [2.45, 2.75) is 45.2 Å². The van der Waals surface area contributed by atoms with Gasteiger partial charge in [0.15, 0.2) is 0 Å². The van der Waals surface area contributed by atoms with Gasteiger partial charge in [-0.25, -0.2) is 4.39 Å². The number of amides is 1. The summed E-state index contributed by atoms with van der Waals surface area (Å²) >= 11 is 0. The normalized spacial score (nSPS) is 13.8. The fourth-order valence-electron chi connectivity index (χ4n) is 2.96. The smallest absolute Gasteiger partial charge is 0.258 e. The summed E-state index contributed by atoms with van der Waals surface area (Å²) in [5.74, 6) is 0.284. The number of hydrogen-bond acceptors (Lipinski definition) is 2. The van der Waals surface area contributed by atoms with Crippen LogP contribution in [0.4, 0.5) is 4.39 Å². The van der Waals surface area contributed by atoms with E-state index < -0.39 is 5.82 Å². The molecule has 0 radical (unpaired) electrons. The summed E-state index contributed by atoms with van der Waals surface area (Å²) in [7, 11) is 1.50. The first-order valence-electron chi connectivity index (χ1n) is 8.73. The number of benzene rings is 2. The number of carbonyl (C=O) groups is 1. The van der Waals surface area contributed by atoms with Crippen LogP contribution in [0.25, 0.3) is 0 Å². The first kappa shape index (κ1) is 17.5. The molecule has 2 aromatic rings. The summed E-state index contributed by atoms with van der Waals surface area (Å²) in [5.41, 5.74) is 2.65. The standard InChI is InChI=1S/C21H24FNO2/c1-14(2)16-6-4-15(5-7-16)13-23(18-9-10-18)21(24)19-12-17(22)8-11-20(19)25-3/h4-8,11-12,14,18H,9-10,13H2,1-3H3. The average Bonchev–Trinajstić information content (AvgIpc) is 3.44. The third-order valence-corrected chi connectivity index (χ3v) is 4.64. The molecule has 0 heterocycles. The third kappa shape index (κ3) is 4.01. The Morgan fingerprint density at radius 2 is 1.88 bits per heavy atom. The van der Waals surface area contributed by atoms with Crippen LogP contribution >= 0.6 is 0 Å². The Bertz CT molecular complexity index is 751. The predicted octanol–water partition coefficient (Wildman–Crippen LogP) is 4.76. The molecule has 1 aliphatic carbocycles. The van der Waals surface area contributed by atoms with Crippen molar-refractivity contribution in [2.24, 2.45) is 0 Å². The molecule has 1 saturated carbocycles. The van der Waals surface area contributed by atoms with Crippen LogP contribution in [0, 0.1) is 5.82 Å². The highest BCUT2D eigenvalue weighted by Crippen LogP contribution is 2.32. The molecule has 3 rings (SSSR count). The van der Waals surface area contributed by atoms with Gasteiger partial charge in [0, 0.05) is 12.6 Å². The lowest BCUT2D eigenvalue weighted by molar-refractivity contribution is 0.0726. The van der Waals surface area contributed by atoms with Gasteiger partial charge in [-0.1, -0.05) is 38.1 Å². The summed E-state index contributed by atoms with van der Waals surface area (Å²) in [4.78, 5) is 14.9. The number of rotatable bonds is 6. The number of carbonyl (C=O) groups excluding carboxylic acids is 1. The molecule has 4 heteroatoms. The lowest BCUT2D eigenvalue weighted by Gasteiger charge is -2.24. The number of nitrogens with zero attached hydrogens (tertiary/aromatic N) is 1. The minimum Gasteiger partial charge on any atom is -0.496 e. The van der Waals surface area contributed by atoms with Gasteiger partial charge in [0.2, 0.25) is 0 Å². The lowest BCUT2D eigenvalue weighted by Crippen LogP contribution is -2.33. The van der Waals surface area contributed by atoms with Crippen LogP contribution in [0.1, 0.15) is 54.1 Å². The van der Waals surface area contributed by atoms with Crippen molar-refractivity contribution in [3.63, 3.8) is 0 Å². The predicted molar refractivity (Wildman–Crippen MR) is 96.4 cm³/mol. The Labute approximate surface area is 148 Å². The molecule has 1 amide bonds. The van der Waals surface area contributed by atoms with Gasteiger partial charge in [-0.15, -0.1) is 0 Å². The maximum absolute atomic E-state index is 13.6. The van der Waals surface area contributed by atoms with Crippen LogP contribution in [-0.4, -0.2) is 24.0 Å².